The van der Waals surface area contributed by atoms with Crippen molar-refractivity contribution < 1.29 is 9.31 Å². The van der Waals surface area contributed by atoms with Crippen molar-refractivity contribution in [1.82, 2.24) is 9.97 Å². The van der Waals surface area contributed by atoms with Crippen LogP contribution in [-0.2, 0) is 6.54 Å². The number of halogens is 2. The van der Waals surface area contributed by atoms with E-state index >= 15 is 0 Å². The Labute approximate surface area is 149 Å². The third-order valence-corrected chi connectivity index (χ3v) is 4.45. The molecule has 1 aromatic heterocycles. The van der Waals surface area contributed by atoms with E-state index < -0.39 is 10.7 Å². The summed E-state index contributed by atoms with van der Waals surface area (Å²) in [7, 11) is 0. The van der Waals surface area contributed by atoms with Gasteiger partial charge in [0, 0.05) is 24.7 Å². The molecule has 2 heterocycles. The lowest BCUT2D eigenvalue weighted by molar-refractivity contribution is -0.383. The van der Waals surface area contributed by atoms with E-state index in [1.54, 1.807) is 0 Å². The Balaban J connectivity index is 1.86. The zero-order chi connectivity index (χ0) is 17.8. The molecule has 9 heteroatoms. The maximum atomic E-state index is 13.1. The SMILES string of the molecule is O=[N+]([O-])c1c(NCc2ccc(F)cc2Cl)ncnc1N1CCCCC1. The van der Waals surface area contributed by atoms with Crippen molar-refractivity contribution in [3.05, 3.63) is 51.0 Å². The lowest BCUT2D eigenvalue weighted by atomic mass is 10.1. The number of hydrogen-bond acceptors (Lipinski definition) is 6. The van der Waals surface area contributed by atoms with Crippen molar-refractivity contribution in [2.24, 2.45) is 0 Å². The van der Waals surface area contributed by atoms with Crippen LogP contribution in [0.1, 0.15) is 24.8 Å². The fraction of sp³-hybridized carbons (Fsp3) is 0.375. The van der Waals surface area contributed by atoms with Gasteiger partial charge in [-0.2, -0.15) is 0 Å². The Morgan fingerprint density at radius 3 is 2.72 bits per heavy atom. The Hall–Kier alpha value is -2.48. The molecule has 1 saturated heterocycles. The number of piperidine rings is 1. The minimum atomic E-state index is -0.474. The second-order valence-electron chi connectivity index (χ2n) is 5.79. The number of nitrogens with one attached hydrogen (secondary N) is 1. The Morgan fingerprint density at radius 1 is 1.28 bits per heavy atom. The third kappa shape index (κ3) is 3.96. The van der Waals surface area contributed by atoms with Gasteiger partial charge >= 0.3 is 5.69 Å². The first-order valence-corrected chi connectivity index (χ1v) is 8.36. The number of anilines is 2. The van der Waals surface area contributed by atoms with Gasteiger partial charge in [0.2, 0.25) is 11.6 Å². The predicted octanol–water partition coefficient (Wildman–Crippen LogP) is 3.78. The van der Waals surface area contributed by atoms with Crippen LogP contribution in [0.4, 0.5) is 21.7 Å². The maximum absolute atomic E-state index is 13.1. The molecule has 0 unspecified atom stereocenters. The average Bonchev–Trinajstić information content (AvgIpc) is 2.61. The highest BCUT2D eigenvalue weighted by Gasteiger charge is 2.27. The summed E-state index contributed by atoms with van der Waals surface area (Å²) < 4.78 is 13.1. The molecule has 0 amide bonds. The van der Waals surface area contributed by atoms with E-state index in [0.717, 1.165) is 32.4 Å². The summed E-state index contributed by atoms with van der Waals surface area (Å²) in [6, 6.07) is 4.02. The molecule has 1 fully saturated rings. The molecule has 1 aliphatic heterocycles. The quantitative estimate of drug-likeness (QED) is 0.641. The highest BCUT2D eigenvalue weighted by molar-refractivity contribution is 6.31. The van der Waals surface area contributed by atoms with Crippen LogP contribution < -0.4 is 10.2 Å². The standard InChI is InChI=1S/C16H17ClFN5O2/c17-13-8-12(18)5-4-11(13)9-19-15-14(23(24)25)16(21-10-20-15)22-6-2-1-3-7-22/h4-5,8,10H,1-3,6-7,9H2,(H,19,20,21). The Kier molecular flexibility index (Phi) is 5.28. The first-order valence-electron chi connectivity index (χ1n) is 7.98. The minimum Gasteiger partial charge on any atom is -0.360 e. The molecule has 7 nitrogen and oxygen atoms in total. The summed E-state index contributed by atoms with van der Waals surface area (Å²) >= 11 is 6.00. The van der Waals surface area contributed by atoms with Crippen LogP contribution in [0.15, 0.2) is 24.5 Å². The fourth-order valence-corrected chi connectivity index (χ4v) is 3.08. The number of aromatic nitrogens is 2. The van der Waals surface area contributed by atoms with Gasteiger partial charge in [0.05, 0.1) is 4.92 Å². The summed E-state index contributed by atoms with van der Waals surface area (Å²) in [5.74, 6) is 0.0162. The van der Waals surface area contributed by atoms with Gasteiger partial charge in [-0.3, -0.25) is 10.1 Å². The van der Waals surface area contributed by atoms with Crippen molar-refractivity contribution >= 4 is 28.9 Å². The van der Waals surface area contributed by atoms with Crippen LogP contribution in [-0.4, -0.2) is 28.0 Å². The second-order valence-corrected chi connectivity index (χ2v) is 6.20. The summed E-state index contributed by atoms with van der Waals surface area (Å²) in [5.41, 5.74) is 0.470. The molecule has 0 atom stereocenters. The number of hydrogen-bond donors (Lipinski definition) is 1. The average molecular weight is 366 g/mol. The van der Waals surface area contributed by atoms with E-state index in [2.05, 4.69) is 15.3 Å². The van der Waals surface area contributed by atoms with Gasteiger partial charge in [0.25, 0.3) is 0 Å². The topological polar surface area (TPSA) is 84.2 Å². The van der Waals surface area contributed by atoms with E-state index in [4.69, 9.17) is 11.6 Å². The molecular weight excluding hydrogens is 349 g/mol. The summed E-state index contributed by atoms with van der Waals surface area (Å²) in [6.07, 6.45) is 4.39. The molecule has 1 aliphatic rings. The number of benzene rings is 1. The highest BCUT2D eigenvalue weighted by Crippen LogP contribution is 2.33. The zero-order valence-corrected chi connectivity index (χ0v) is 14.2. The first-order chi connectivity index (χ1) is 12.1. The maximum Gasteiger partial charge on any atom is 0.353 e. The second kappa shape index (κ2) is 7.60. The monoisotopic (exact) mass is 365 g/mol. The van der Waals surface area contributed by atoms with Crippen molar-refractivity contribution in [3.8, 4) is 0 Å². The molecule has 0 aliphatic carbocycles. The molecular formula is C16H17ClFN5O2. The van der Waals surface area contributed by atoms with Gasteiger partial charge < -0.3 is 10.2 Å². The van der Waals surface area contributed by atoms with E-state index in [9.17, 15) is 14.5 Å². The van der Waals surface area contributed by atoms with Crippen molar-refractivity contribution in [2.75, 3.05) is 23.3 Å². The summed E-state index contributed by atoms with van der Waals surface area (Å²) in [4.78, 5) is 21.2. The zero-order valence-electron chi connectivity index (χ0n) is 13.4. The van der Waals surface area contributed by atoms with Crippen LogP contribution in [0.3, 0.4) is 0 Å². The van der Waals surface area contributed by atoms with E-state index in [1.807, 2.05) is 4.90 Å². The number of rotatable bonds is 5. The predicted molar refractivity (Wildman–Crippen MR) is 93.5 cm³/mol. The van der Waals surface area contributed by atoms with Gasteiger partial charge in [-0.15, -0.1) is 0 Å². The molecule has 1 aromatic carbocycles. The van der Waals surface area contributed by atoms with Crippen molar-refractivity contribution in [2.45, 2.75) is 25.8 Å². The smallest absolute Gasteiger partial charge is 0.353 e. The van der Waals surface area contributed by atoms with Crippen LogP contribution >= 0.6 is 11.6 Å². The van der Waals surface area contributed by atoms with Crippen molar-refractivity contribution in [3.63, 3.8) is 0 Å². The van der Waals surface area contributed by atoms with E-state index in [1.165, 1.54) is 24.5 Å². The lowest BCUT2D eigenvalue weighted by Crippen LogP contribution is -2.31. The largest absolute Gasteiger partial charge is 0.360 e. The first kappa shape index (κ1) is 17.3. The summed E-state index contributed by atoms with van der Waals surface area (Å²) in [5, 5.41) is 14.8. The molecule has 2 aromatic rings. The summed E-state index contributed by atoms with van der Waals surface area (Å²) in [6.45, 7) is 1.67. The Bertz CT molecular complexity index is 783. The van der Waals surface area contributed by atoms with Gasteiger partial charge in [-0.05, 0) is 37.0 Å². The molecule has 25 heavy (non-hydrogen) atoms. The van der Waals surface area contributed by atoms with Gasteiger partial charge in [0.1, 0.15) is 12.1 Å². The highest BCUT2D eigenvalue weighted by atomic mass is 35.5. The molecule has 0 spiro atoms. The number of nitrogens with zero attached hydrogens (tertiary/aromatic N) is 4. The third-order valence-electron chi connectivity index (χ3n) is 4.10. The van der Waals surface area contributed by atoms with E-state index in [-0.39, 0.29) is 23.1 Å². The van der Waals surface area contributed by atoms with Crippen LogP contribution in [0.2, 0.25) is 5.02 Å². The number of nitro groups is 1. The van der Waals surface area contributed by atoms with Crippen LogP contribution in [0.5, 0.6) is 0 Å². The fourth-order valence-electron chi connectivity index (χ4n) is 2.85. The normalized spacial score (nSPS) is 14.4. The van der Waals surface area contributed by atoms with E-state index in [0.29, 0.717) is 11.4 Å². The lowest BCUT2D eigenvalue weighted by Gasteiger charge is -2.27. The van der Waals surface area contributed by atoms with Crippen molar-refractivity contribution in [1.29, 1.82) is 0 Å². The molecule has 132 valence electrons. The van der Waals surface area contributed by atoms with Gasteiger partial charge in [-0.25, -0.2) is 14.4 Å². The molecule has 1 N–H and O–H groups in total. The minimum absolute atomic E-state index is 0.126. The van der Waals surface area contributed by atoms with Crippen LogP contribution in [0.25, 0.3) is 0 Å². The molecule has 0 saturated carbocycles. The molecule has 0 radical (unpaired) electrons. The van der Waals surface area contributed by atoms with Gasteiger partial charge in [0.15, 0.2) is 0 Å². The molecule has 3 rings (SSSR count). The molecule has 0 bridgehead atoms. The van der Waals surface area contributed by atoms with Gasteiger partial charge in [-0.1, -0.05) is 17.7 Å². The van der Waals surface area contributed by atoms with Crippen LogP contribution in [0, 0.1) is 15.9 Å². The Morgan fingerprint density at radius 2 is 2.04 bits per heavy atom.